The summed E-state index contributed by atoms with van der Waals surface area (Å²) in [6.45, 7) is 10.6. The standard InChI is InChI=1S/C28H40O.C27H38O/c1-3-5-7-23-10-16-26(17-11-23)27-18-12-24(13-19-27)8-9-25-14-20-28(21-15-25)29-22-6-4-2;1-3-5-21-28-27-19-13-24(14-20-27)8-7-23-11-17-26(18-12-23)25-15-9-22(6-4-2)10-16-25/h12,14-15,20-21,23,26-27H,3-7,10-11,13,16-19,22H2,1-2H3;11,13-14,19-20,22,25-26H,3-6,9-10,12,15-18,21H2,1-2H3. The maximum Gasteiger partial charge on any atom is 0.119 e. The SMILES string of the molecule is CCCCOc1ccc(C#CC2=CCC(C3CCC(CCC)CC3)CC2)cc1.CCCCOc1ccc(C#CC2=CCC(C3CCC(CCCC)CC3)CC2)cc1. The number of allylic oxidation sites excluding steroid dienone is 4. The molecule has 2 aromatic rings. The molecular formula is C55H78O2. The molecule has 6 rings (SSSR count). The van der Waals surface area contributed by atoms with Crippen molar-refractivity contribution in [1.29, 1.82) is 0 Å². The molecule has 4 aliphatic rings. The average Bonchev–Trinajstić information content (AvgIpc) is 3.26. The van der Waals surface area contributed by atoms with Crippen LogP contribution in [-0.2, 0) is 0 Å². The van der Waals surface area contributed by atoms with Crippen molar-refractivity contribution in [1.82, 2.24) is 0 Å². The van der Waals surface area contributed by atoms with Crippen molar-refractivity contribution < 1.29 is 9.47 Å². The van der Waals surface area contributed by atoms with E-state index in [0.29, 0.717) is 0 Å². The Balaban J connectivity index is 0.000000218. The highest BCUT2D eigenvalue weighted by Crippen LogP contribution is 2.42. The molecule has 2 fully saturated rings. The van der Waals surface area contributed by atoms with Gasteiger partial charge in [-0.2, -0.15) is 0 Å². The Hall–Kier alpha value is -3.36. The van der Waals surface area contributed by atoms with E-state index in [-0.39, 0.29) is 0 Å². The zero-order valence-corrected chi connectivity index (χ0v) is 36.7. The minimum Gasteiger partial charge on any atom is -0.494 e. The van der Waals surface area contributed by atoms with Crippen molar-refractivity contribution in [2.24, 2.45) is 35.5 Å². The van der Waals surface area contributed by atoms with E-state index in [2.05, 4.69) is 87.8 Å². The van der Waals surface area contributed by atoms with Crippen LogP contribution in [0.3, 0.4) is 0 Å². The lowest BCUT2D eigenvalue weighted by molar-refractivity contribution is 0.186. The van der Waals surface area contributed by atoms with Crippen LogP contribution in [-0.4, -0.2) is 13.2 Å². The molecular weight excluding hydrogens is 693 g/mol. The fourth-order valence-electron chi connectivity index (χ4n) is 9.83. The molecule has 0 bridgehead atoms. The van der Waals surface area contributed by atoms with E-state index >= 15 is 0 Å². The lowest BCUT2D eigenvalue weighted by Crippen LogP contribution is -2.23. The highest BCUT2D eigenvalue weighted by molar-refractivity contribution is 5.44. The molecule has 2 saturated carbocycles. The number of benzene rings is 2. The minimum atomic E-state index is 0.801. The summed E-state index contributed by atoms with van der Waals surface area (Å²) in [6, 6.07) is 16.5. The summed E-state index contributed by atoms with van der Waals surface area (Å²) in [4.78, 5) is 0. The van der Waals surface area contributed by atoms with Crippen molar-refractivity contribution in [3.63, 3.8) is 0 Å². The van der Waals surface area contributed by atoms with Crippen molar-refractivity contribution in [2.45, 2.75) is 175 Å². The molecule has 0 N–H and O–H groups in total. The summed E-state index contributed by atoms with van der Waals surface area (Å²) in [6.07, 6.45) is 35.8. The molecule has 0 aromatic heterocycles. The van der Waals surface area contributed by atoms with Crippen LogP contribution in [0.5, 0.6) is 11.5 Å². The van der Waals surface area contributed by atoms with E-state index < -0.39 is 0 Å². The fraction of sp³-hybridized carbons (Fsp3) is 0.636. The summed E-state index contributed by atoms with van der Waals surface area (Å²) in [5.41, 5.74) is 4.86. The molecule has 2 aromatic carbocycles. The van der Waals surface area contributed by atoms with Gasteiger partial charge in [-0.05, 0) is 172 Å². The van der Waals surface area contributed by atoms with Gasteiger partial charge in [0.2, 0.25) is 0 Å². The largest absolute Gasteiger partial charge is 0.494 e. The maximum atomic E-state index is 5.73. The van der Waals surface area contributed by atoms with Crippen molar-refractivity contribution in [3.05, 3.63) is 83.0 Å². The number of hydrogen-bond acceptors (Lipinski definition) is 2. The highest BCUT2D eigenvalue weighted by atomic mass is 16.5. The smallest absolute Gasteiger partial charge is 0.119 e. The molecule has 0 aliphatic heterocycles. The van der Waals surface area contributed by atoms with Crippen LogP contribution in [0.1, 0.15) is 187 Å². The average molecular weight is 771 g/mol. The van der Waals surface area contributed by atoms with Gasteiger partial charge in [-0.3, -0.25) is 0 Å². The van der Waals surface area contributed by atoms with Crippen LogP contribution in [0.2, 0.25) is 0 Å². The van der Waals surface area contributed by atoms with Crippen molar-refractivity contribution >= 4 is 0 Å². The van der Waals surface area contributed by atoms with Gasteiger partial charge >= 0.3 is 0 Å². The quantitative estimate of drug-likeness (QED) is 0.133. The van der Waals surface area contributed by atoms with E-state index in [4.69, 9.17) is 9.47 Å². The van der Waals surface area contributed by atoms with Crippen LogP contribution in [0.4, 0.5) is 0 Å². The molecule has 2 unspecified atom stereocenters. The van der Waals surface area contributed by atoms with Crippen molar-refractivity contribution in [3.8, 4) is 35.2 Å². The lowest BCUT2D eigenvalue weighted by atomic mass is 9.71. The van der Waals surface area contributed by atoms with Gasteiger partial charge in [0.25, 0.3) is 0 Å². The first kappa shape index (κ1) is 44.7. The summed E-state index contributed by atoms with van der Waals surface area (Å²) in [5, 5.41) is 0. The van der Waals surface area contributed by atoms with E-state index in [0.717, 1.165) is 84.2 Å². The summed E-state index contributed by atoms with van der Waals surface area (Å²) >= 11 is 0. The van der Waals surface area contributed by atoms with Gasteiger partial charge in [-0.25, -0.2) is 0 Å². The third-order valence-electron chi connectivity index (χ3n) is 13.7. The van der Waals surface area contributed by atoms with Gasteiger partial charge in [0.05, 0.1) is 13.2 Å². The van der Waals surface area contributed by atoms with E-state index in [1.165, 1.54) is 146 Å². The topological polar surface area (TPSA) is 18.5 Å². The Kier molecular flexibility index (Phi) is 20.3. The molecule has 0 radical (unpaired) electrons. The zero-order chi connectivity index (χ0) is 39.9. The molecule has 2 heteroatoms. The summed E-state index contributed by atoms with van der Waals surface area (Å²) in [7, 11) is 0. The number of unbranched alkanes of at least 4 members (excludes halogenated alkanes) is 3. The van der Waals surface area contributed by atoms with Gasteiger partial charge in [-0.15, -0.1) is 0 Å². The monoisotopic (exact) mass is 771 g/mol. The third kappa shape index (κ3) is 16.1. The minimum absolute atomic E-state index is 0.801. The Morgan fingerprint density at radius 2 is 0.860 bits per heavy atom. The van der Waals surface area contributed by atoms with Gasteiger partial charge in [-0.1, -0.05) is 134 Å². The molecule has 0 heterocycles. The summed E-state index contributed by atoms with van der Waals surface area (Å²) in [5.74, 6) is 21.3. The second-order valence-electron chi connectivity index (χ2n) is 18.0. The van der Waals surface area contributed by atoms with Crippen LogP contribution in [0.15, 0.2) is 71.8 Å². The Morgan fingerprint density at radius 1 is 0.439 bits per heavy atom. The van der Waals surface area contributed by atoms with Crippen LogP contribution >= 0.6 is 0 Å². The lowest BCUT2D eigenvalue weighted by Gasteiger charge is -2.35. The molecule has 4 aliphatic carbocycles. The Labute approximate surface area is 350 Å². The predicted molar refractivity (Wildman–Crippen MR) is 244 cm³/mol. The summed E-state index contributed by atoms with van der Waals surface area (Å²) < 4.78 is 11.5. The molecule has 0 amide bonds. The second-order valence-corrected chi connectivity index (χ2v) is 18.0. The van der Waals surface area contributed by atoms with E-state index in [1.807, 2.05) is 24.3 Å². The maximum absolute atomic E-state index is 5.73. The highest BCUT2D eigenvalue weighted by Gasteiger charge is 2.29. The molecule has 57 heavy (non-hydrogen) atoms. The number of rotatable bonds is 15. The Morgan fingerprint density at radius 3 is 1.23 bits per heavy atom. The van der Waals surface area contributed by atoms with Crippen LogP contribution in [0, 0.1) is 59.2 Å². The molecule has 0 spiro atoms. The zero-order valence-electron chi connectivity index (χ0n) is 36.7. The Bertz CT molecular complexity index is 1590. The van der Waals surface area contributed by atoms with Gasteiger partial charge < -0.3 is 9.47 Å². The fourth-order valence-corrected chi connectivity index (χ4v) is 9.83. The van der Waals surface area contributed by atoms with Gasteiger partial charge in [0.1, 0.15) is 11.5 Å². The predicted octanol–water partition coefficient (Wildman–Crippen LogP) is 15.5. The molecule has 2 atom stereocenters. The normalized spacial score (nSPS) is 24.6. The second kappa shape index (κ2) is 25.9. The molecule has 2 nitrogen and oxygen atoms in total. The van der Waals surface area contributed by atoms with Gasteiger partial charge in [0.15, 0.2) is 0 Å². The van der Waals surface area contributed by atoms with E-state index in [1.54, 1.807) is 0 Å². The number of hydrogen-bond donors (Lipinski definition) is 0. The molecule has 0 saturated heterocycles. The first-order valence-corrected chi connectivity index (χ1v) is 23.9. The van der Waals surface area contributed by atoms with E-state index in [9.17, 15) is 0 Å². The first-order valence-electron chi connectivity index (χ1n) is 23.9. The van der Waals surface area contributed by atoms with Gasteiger partial charge in [0, 0.05) is 11.1 Å². The van der Waals surface area contributed by atoms with Crippen LogP contribution < -0.4 is 9.47 Å². The third-order valence-corrected chi connectivity index (χ3v) is 13.7. The number of ether oxygens (including phenoxy) is 2. The first-order chi connectivity index (χ1) is 28.1. The molecule has 310 valence electrons. The van der Waals surface area contributed by atoms with Crippen molar-refractivity contribution in [2.75, 3.05) is 13.2 Å². The van der Waals surface area contributed by atoms with Crippen LogP contribution in [0.25, 0.3) is 0 Å².